The number of halogens is 5. The van der Waals surface area contributed by atoms with Crippen molar-refractivity contribution < 1.29 is 17.4 Å². The molecule has 0 aliphatic heterocycles. The topological polar surface area (TPSA) is 0 Å². The number of rotatable bonds is 2. The van der Waals surface area contributed by atoms with Crippen LogP contribution in [-0.2, 0) is 3.94 Å². The molecule has 1 aromatic carbocycles. The molecule has 0 heterocycles. The minimum absolute atomic E-state index is 0.796. The van der Waals surface area contributed by atoms with Crippen LogP contribution in [0, 0.1) is 0 Å². The summed E-state index contributed by atoms with van der Waals surface area (Å²) in [5, 5.41) is 0. The molecule has 0 bridgehead atoms. The molecule has 72 valence electrons. The number of hydrogen-bond donors (Lipinski definition) is 0. The normalized spacial score (nSPS) is 13.0. The van der Waals surface area contributed by atoms with Gasteiger partial charge in [0.15, 0.2) is 0 Å². The van der Waals surface area contributed by atoms with Crippen molar-refractivity contribution in [3.63, 3.8) is 0 Å². The maximum absolute atomic E-state index is 12.6. The van der Waals surface area contributed by atoms with E-state index in [0.717, 1.165) is 12.1 Å². The second kappa shape index (κ2) is 3.43. The third-order valence-electron chi connectivity index (χ3n) is 1.49. The van der Waals surface area contributed by atoms with E-state index in [1.54, 1.807) is 0 Å². The summed E-state index contributed by atoms with van der Waals surface area (Å²) in [4.78, 5) is 0. The Labute approximate surface area is 77.6 Å². The zero-order chi connectivity index (χ0) is 10.1. The molecular weight excluding hydrogens is 298 g/mol. The Morgan fingerprint density at radius 3 is 1.77 bits per heavy atom. The van der Waals surface area contributed by atoms with E-state index in [0.29, 0.717) is 0 Å². The van der Waals surface area contributed by atoms with Crippen LogP contribution < -0.4 is 0 Å². The van der Waals surface area contributed by atoms with Crippen LogP contribution in [0.5, 0.6) is 0 Å². The van der Waals surface area contributed by atoms with Gasteiger partial charge in [-0.05, 0) is 0 Å². The van der Waals surface area contributed by atoms with Crippen molar-refractivity contribution in [3.8, 4) is 0 Å². The van der Waals surface area contributed by atoms with Crippen LogP contribution in [0.25, 0.3) is 0 Å². The summed E-state index contributed by atoms with van der Waals surface area (Å²) >= 11 is -7.69. The molecule has 6 heteroatoms. The average molecular weight is 303 g/mol. The fraction of sp³-hybridized carbons (Fsp3) is 0.143. The van der Waals surface area contributed by atoms with Gasteiger partial charge in [-0.1, -0.05) is 0 Å². The first-order valence-corrected chi connectivity index (χ1v) is 8.02. The van der Waals surface area contributed by atoms with E-state index in [2.05, 4.69) is 0 Å². The molecule has 0 nitrogen and oxygen atoms in total. The molecule has 0 radical (unpaired) electrons. The first-order chi connectivity index (χ1) is 5.86. The molecule has 1 rings (SSSR count). The minimum atomic E-state index is -7.69. The van der Waals surface area contributed by atoms with Crippen LogP contribution in [-0.4, -0.2) is 20.1 Å². The van der Waals surface area contributed by atoms with Gasteiger partial charge < -0.3 is 0 Å². The average Bonchev–Trinajstić information content (AvgIpc) is 2.04. The van der Waals surface area contributed by atoms with Gasteiger partial charge >= 0.3 is 77.3 Å². The Bertz CT molecular complexity index is 279. The van der Waals surface area contributed by atoms with Crippen molar-refractivity contribution in [1.29, 1.82) is 0 Å². The summed E-state index contributed by atoms with van der Waals surface area (Å²) in [6, 6.07) is 5.32. The first kappa shape index (κ1) is 10.7. The Morgan fingerprint density at radius 1 is 0.923 bits per heavy atom. The van der Waals surface area contributed by atoms with Gasteiger partial charge in [0, 0.05) is 0 Å². The Kier molecular flexibility index (Phi) is 2.84. The van der Waals surface area contributed by atoms with Gasteiger partial charge in [0.2, 0.25) is 0 Å². The molecule has 0 saturated heterocycles. The number of alkyl halides is 2. The molecular formula is C7H5F5Sn. The first-order valence-electron chi connectivity index (χ1n) is 3.36. The molecule has 0 unspecified atom stereocenters. The fourth-order valence-corrected chi connectivity index (χ4v) is 2.22. The zero-order valence-electron chi connectivity index (χ0n) is 6.28. The summed E-state index contributed by atoms with van der Waals surface area (Å²) in [5.74, 6) is 0. The van der Waals surface area contributed by atoms with Crippen LogP contribution in [0.3, 0.4) is 0 Å². The van der Waals surface area contributed by atoms with Gasteiger partial charge in [-0.3, -0.25) is 0 Å². The van der Waals surface area contributed by atoms with E-state index in [9.17, 15) is 17.4 Å². The van der Waals surface area contributed by atoms with E-state index in [-0.39, 0.29) is 0 Å². The van der Waals surface area contributed by atoms with Crippen molar-refractivity contribution in [3.05, 3.63) is 35.9 Å². The van der Waals surface area contributed by atoms with Crippen LogP contribution in [0.2, 0.25) is 0 Å². The van der Waals surface area contributed by atoms with Crippen LogP contribution in [0.1, 0.15) is 5.56 Å². The van der Waals surface area contributed by atoms with Gasteiger partial charge in [-0.15, -0.1) is 0 Å². The molecule has 0 fully saturated rings. The summed E-state index contributed by atoms with van der Waals surface area (Å²) < 4.78 is 56.6. The van der Waals surface area contributed by atoms with Gasteiger partial charge in [-0.25, -0.2) is 0 Å². The van der Waals surface area contributed by atoms with E-state index >= 15 is 0 Å². The predicted octanol–water partition coefficient (Wildman–Crippen LogP) is 3.17. The summed E-state index contributed by atoms with van der Waals surface area (Å²) in [6.07, 6.45) is 0. The van der Waals surface area contributed by atoms with Gasteiger partial charge in [-0.2, -0.15) is 0 Å². The standard InChI is InChI=1S/C7H5F2.3FH.Sn/c8-7(9)6-4-2-1-3-5-6;;;;/h1-5H;3*1H;/q;;;;+3/p-3. The molecule has 0 aliphatic carbocycles. The summed E-state index contributed by atoms with van der Waals surface area (Å²) in [5.41, 5.74) is -0.946. The third kappa shape index (κ3) is 2.12. The van der Waals surface area contributed by atoms with Crippen molar-refractivity contribution >= 4 is 20.1 Å². The fourth-order valence-electron chi connectivity index (χ4n) is 0.811. The Morgan fingerprint density at radius 2 is 1.38 bits per heavy atom. The second-order valence-corrected chi connectivity index (χ2v) is 7.07. The van der Waals surface area contributed by atoms with Gasteiger partial charge in [0.25, 0.3) is 0 Å². The van der Waals surface area contributed by atoms with Crippen molar-refractivity contribution in [2.24, 2.45) is 0 Å². The van der Waals surface area contributed by atoms with Crippen molar-refractivity contribution in [2.45, 2.75) is 3.94 Å². The van der Waals surface area contributed by atoms with Crippen LogP contribution in [0.15, 0.2) is 30.3 Å². The zero-order valence-corrected chi connectivity index (χ0v) is 9.13. The van der Waals surface area contributed by atoms with Gasteiger partial charge in [0.05, 0.1) is 0 Å². The van der Waals surface area contributed by atoms with E-state index < -0.39 is 29.6 Å². The molecule has 0 N–H and O–H groups in total. The van der Waals surface area contributed by atoms with E-state index in [1.807, 2.05) is 0 Å². The Hall–Kier alpha value is -0.331. The van der Waals surface area contributed by atoms with Crippen LogP contribution in [0.4, 0.5) is 17.4 Å². The molecule has 0 atom stereocenters. The van der Waals surface area contributed by atoms with Crippen molar-refractivity contribution in [1.82, 2.24) is 0 Å². The SMILES string of the molecule is F[C](F)(c1ccccc1)[Sn]([F])([F])[F]. The summed E-state index contributed by atoms with van der Waals surface area (Å²) in [6.45, 7) is 0. The number of benzene rings is 1. The van der Waals surface area contributed by atoms with Gasteiger partial charge in [0.1, 0.15) is 0 Å². The van der Waals surface area contributed by atoms with E-state index in [4.69, 9.17) is 0 Å². The quantitative estimate of drug-likeness (QED) is 0.581. The molecule has 0 spiro atoms. The van der Waals surface area contributed by atoms with Crippen molar-refractivity contribution in [2.75, 3.05) is 0 Å². The van der Waals surface area contributed by atoms with E-state index in [1.165, 1.54) is 18.2 Å². The molecule has 0 amide bonds. The Balaban J connectivity index is 3.08. The maximum atomic E-state index is 12.6. The molecule has 0 saturated carbocycles. The number of hydrogen-bond acceptors (Lipinski definition) is 0. The third-order valence-corrected chi connectivity index (χ3v) is 4.35. The van der Waals surface area contributed by atoms with Crippen LogP contribution >= 0.6 is 0 Å². The molecule has 0 aliphatic rings. The summed E-state index contributed by atoms with van der Waals surface area (Å²) in [7, 11) is 0. The molecule has 13 heavy (non-hydrogen) atoms. The second-order valence-electron chi connectivity index (χ2n) is 2.44. The molecule has 0 aromatic heterocycles. The predicted molar refractivity (Wildman–Crippen MR) is 39.4 cm³/mol. The molecule has 1 aromatic rings. The monoisotopic (exact) mass is 304 g/mol.